The van der Waals surface area contributed by atoms with Gasteiger partial charge in [-0.2, -0.15) is 0 Å². The average molecular weight is 272 g/mol. The van der Waals surface area contributed by atoms with E-state index >= 15 is 0 Å². The molecule has 0 saturated heterocycles. The number of nitrogens with one attached hydrogen (secondary N) is 1. The summed E-state index contributed by atoms with van der Waals surface area (Å²) in [5, 5.41) is 3.48. The first-order chi connectivity index (χ1) is 9.70. The van der Waals surface area contributed by atoms with Crippen molar-refractivity contribution in [1.29, 1.82) is 0 Å². The van der Waals surface area contributed by atoms with Crippen LogP contribution in [0, 0.1) is 12.7 Å². The Morgan fingerprint density at radius 3 is 2.75 bits per heavy atom. The zero-order chi connectivity index (χ0) is 14.4. The molecule has 0 aliphatic rings. The van der Waals surface area contributed by atoms with E-state index in [1.54, 1.807) is 6.07 Å². The first-order valence-electron chi connectivity index (χ1n) is 7.10. The minimum absolute atomic E-state index is 0.175. The van der Waals surface area contributed by atoms with Crippen molar-refractivity contribution in [3.05, 3.63) is 65.2 Å². The summed E-state index contributed by atoms with van der Waals surface area (Å²) in [4.78, 5) is 4.35. The summed E-state index contributed by atoms with van der Waals surface area (Å²) < 4.78 is 13.2. The molecule has 1 atom stereocenters. The predicted octanol–water partition coefficient (Wildman–Crippen LogP) is 3.81. The van der Waals surface area contributed by atoms with E-state index in [-0.39, 0.29) is 11.9 Å². The van der Waals surface area contributed by atoms with Gasteiger partial charge in [-0.3, -0.25) is 4.98 Å². The lowest BCUT2D eigenvalue weighted by Gasteiger charge is -2.20. The van der Waals surface area contributed by atoms with Crippen molar-refractivity contribution >= 4 is 0 Å². The summed E-state index contributed by atoms with van der Waals surface area (Å²) in [5.74, 6) is -0.175. The molecule has 2 nitrogen and oxygen atoms in total. The van der Waals surface area contributed by atoms with Gasteiger partial charge in [0, 0.05) is 17.9 Å². The van der Waals surface area contributed by atoms with Gasteiger partial charge in [-0.05, 0) is 61.7 Å². The smallest absolute Gasteiger partial charge is 0.123 e. The molecule has 2 rings (SSSR count). The van der Waals surface area contributed by atoms with Gasteiger partial charge in [-0.25, -0.2) is 4.39 Å². The Labute approximate surface area is 120 Å². The number of halogens is 1. The van der Waals surface area contributed by atoms with Gasteiger partial charge in [0.2, 0.25) is 0 Å². The van der Waals surface area contributed by atoms with E-state index < -0.39 is 0 Å². The maximum atomic E-state index is 13.2. The van der Waals surface area contributed by atoms with E-state index in [2.05, 4.69) is 17.2 Å². The second-order valence-electron chi connectivity index (χ2n) is 4.97. The number of pyridine rings is 1. The number of hydrogen-bond donors (Lipinski definition) is 1. The molecule has 0 aliphatic heterocycles. The van der Waals surface area contributed by atoms with Crippen LogP contribution in [0.15, 0.2) is 42.6 Å². The summed E-state index contributed by atoms with van der Waals surface area (Å²) in [6.07, 6.45) is 3.69. The van der Waals surface area contributed by atoms with Gasteiger partial charge in [-0.15, -0.1) is 0 Å². The third-order valence-electron chi connectivity index (χ3n) is 3.47. The van der Waals surface area contributed by atoms with Crippen LogP contribution in [0.3, 0.4) is 0 Å². The van der Waals surface area contributed by atoms with E-state index in [9.17, 15) is 4.39 Å². The molecule has 0 bridgehead atoms. The Hall–Kier alpha value is -1.74. The van der Waals surface area contributed by atoms with Crippen molar-refractivity contribution in [3.63, 3.8) is 0 Å². The lowest BCUT2D eigenvalue weighted by Crippen LogP contribution is -2.22. The maximum absolute atomic E-state index is 13.2. The van der Waals surface area contributed by atoms with Gasteiger partial charge < -0.3 is 5.32 Å². The Morgan fingerprint density at radius 1 is 1.25 bits per heavy atom. The molecule has 0 amide bonds. The van der Waals surface area contributed by atoms with Crippen LogP contribution < -0.4 is 5.32 Å². The number of benzene rings is 1. The zero-order valence-electron chi connectivity index (χ0n) is 12.1. The number of rotatable bonds is 6. The van der Waals surface area contributed by atoms with E-state index in [4.69, 9.17) is 0 Å². The molecule has 106 valence electrons. The summed E-state index contributed by atoms with van der Waals surface area (Å²) >= 11 is 0. The minimum Gasteiger partial charge on any atom is -0.310 e. The summed E-state index contributed by atoms with van der Waals surface area (Å²) in [6, 6.07) is 11.2. The molecule has 1 unspecified atom stereocenters. The van der Waals surface area contributed by atoms with Gasteiger partial charge in [0.1, 0.15) is 5.82 Å². The van der Waals surface area contributed by atoms with Crippen molar-refractivity contribution < 1.29 is 4.39 Å². The Balaban J connectivity index is 2.10. The highest BCUT2D eigenvalue weighted by Gasteiger charge is 2.13. The largest absolute Gasteiger partial charge is 0.310 e. The summed E-state index contributed by atoms with van der Waals surface area (Å²) in [6.45, 7) is 4.94. The maximum Gasteiger partial charge on any atom is 0.123 e. The molecule has 0 aliphatic carbocycles. The molecule has 0 spiro atoms. The number of aromatic nitrogens is 1. The molecule has 3 heteroatoms. The number of aryl methyl sites for hydroxylation is 2. The van der Waals surface area contributed by atoms with Gasteiger partial charge in [-0.1, -0.05) is 19.1 Å². The normalized spacial score (nSPS) is 12.3. The molecule has 1 N–H and O–H groups in total. The highest BCUT2D eigenvalue weighted by Crippen LogP contribution is 2.23. The minimum atomic E-state index is -0.175. The molecular formula is C17H21FN2. The second kappa shape index (κ2) is 7.15. The molecule has 0 saturated carbocycles. The van der Waals surface area contributed by atoms with Crippen molar-refractivity contribution in [3.8, 4) is 0 Å². The first-order valence-corrected chi connectivity index (χ1v) is 7.10. The third-order valence-corrected chi connectivity index (χ3v) is 3.47. The van der Waals surface area contributed by atoms with Gasteiger partial charge in [0.05, 0.1) is 0 Å². The first kappa shape index (κ1) is 14.7. The van der Waals surface area contributed by atoms with Crippen LogP contribution in [0.2, 0.25) is 0 Å². The van der Waals surface area contributed by atoms with Crippen LogP contribution in [0.25, 0.3) is 0 Å². The van der Waals surface area contributed by atoms with Crippen LogP contribution in [-0.2, 0) is 6.42 Å². The fourth-order valence-corrected chi connectivity index (χ4v) is 2.48. The van der Waals surface area contributed by atoms with Crippen LogP contribution in [0.5, 0.6) is 0 Å². The Morgan fingerprint density at radius 2 is 2.10 bits per heavy atom. The van der Waals surface area contributed by atoms with Gasteiger partial charge in [0.25, 0.3) is 0 Å². The Kier molecular flexibility index (Phi) is 5.24. The predicted molar refractivity (Wildman–Crippen MR) is 80.1 cm³/mol. The van der Waals surface area contributed by atoms with E-state index in [0.717, 1.165) is 30.6 Å². The summed E-state index contributed by atoms with van der Waals surface area (Å²) in [5.41, 5.74) is 3.26. The van der Waals surface area contributed by atoms with Gasteiger partial charge >= 0.3 is 0 Å². The fraction of sp³-hybridized carbons (Fsp3) is 0.353. The lowest BCUT2D eigenvalue weighted by molar-refractivity contribution is 0.509. The van der Waals surface area contributed by atoms with Gasteiger partial charge in [0.15, 0.2) is 0 Å². The monoisotopic (exact) mass is 272 g/mol. The zero-order valence-corrected chi connectivity index (χ0v) is 12.1. The van der Waals surface area contributed by atoms with E-state index in [0.29, 0.717) is 0 Å². The quantitative estimate of drug-likeness (QED) is 0.865. The van der Waals surface area contributed by atoms with Crippen LogP contribution in [0.4, 0.5) is 4.39 Å². The second-order valence-corrected chi connectivity index (χ2v) is 4.97. The molecule has 0 fully saturated rings. The number of nitrogens with zero attached hydrogens (tertiary/aromatic N) is 1. The van der Waals surface area contributed by atoms with Crippen LogP contribution >= 0.6 is 0 Å². The van der Waals surface area contributed by atoms with Crippen LogP contribution in [0.1, 0.15) is 36.2 Å². The van der Waals surface area contributed by atoms with Crippen LogP contribution in [-0.4, -0.2) is 11.5 Å². The average Bonchev–Trinajstić information content (AvgIpc) is 2.45. The van der Waals surface area contributed by atoms with E-state index in [1.807, 2.05) is 37.4 Å². The highest BCUT2D eigenvalue weighted by molar-refractivity contribution is 5.29. The molecule has 0 radical (unpaired) electrons. The summed E-state index contributed by atoms with van der Waals surface area (Å²) in [7, 11) is 0. The highest BCUT2D eigenvalue weighted by atomic mass is 19.1. The van der Waals surface area contributed by atoms with Crippen molar-refractivity contribution in [2.75, 3.05) is 6.54 Å². The van der Waals surface area contributed by atoms with E-state index in [1.165, 1.54) is 11.6 Å². The standard InChI is InChI=1S/C17H21FN2/c1-3-19-17(10-8-15-6-4-5-11-20-15)16-9-7-14(18)12-13(16)2/h4-7,9,11-12,17,19H,3,8,10H2,1-2H3. The topological polar surface area (TPSA) is 24.9 Å². The SMILES string of the molecule is CCNC(CCc1ccccn1)c1ccc(F)cc1C. The molecule has 1 aromatic heterocycles. The van der Waals surface area contributed by atoms with Crippen molar-refractivity contribution in [2.24, 2.45) is 0 Å². The molecular weight excluding hydrogens is 251 g/mol. The molecule has 2 aromatic rings. The number of hydrogen-bond acceptors (Lipinski definition) is 2. The molecule has 20 heavy (non-hydrogen) atoms. The van der Waals surface area contributed by atoms with Crippen molar-refractivity contribution in [2.45, 2.75) is 32.7 Å². The third kappa shape index (κ3) is 3.87. The Bertz CT molecular complexity index is 540. The molecule has 1 aromatic carbocycles. The lowest BCUT2D eigenvalue weighted by atomic mass is 9.96. The molecule has 1 heterocycles. The van der Waals surface area contributed by atoms with Crippen molar-refractivity contribution in [1.82, 2.24) is 10.3 Å². The fourth-order valence-electron chi connectivity index (χ4n) is 2.48.